The van der Waals surface area contributed by atoms with E-state index in [1.807, 2.05) is 0 Å². The van der Waals surface area contributed by atoms with Crippen LogP contribution in [0.5, 0.6) is 0 Å². The van der Waals surface area contributed by atoms with Crippen molar-refractivity contribution in [2.75, 3.05) is 6.26 Å². The largest absolute Gasteiger partial charge is 0.418 e. The highest BCUT2D eigenvalue weighted by Gasteiger charge is 2.50. The normalized spacial score (nSPS) is 16.8. The lowest BCUT2D eigenvalue weighted by atomic mass is 10.1. The Hall–Kier alpha value is -1.09. The van der Waals surface area contributed by atoms with Crippen LogP contribution in [-0.2, 0) is 16.4 Å². The first-order valence-electron chi connectivity index (χ1n) is 4.45. The second kappa shape index (κ2) is 3.98. The molecule has 0 saturated heterocycles. The zero-order chi connectivity index (χ0) is 13.5. The zero-order valence-electron chi connectivity index (χ0n) is 9.06. The Morgan fingerprint density at radius 3 is 2.35 bits per heavy atom. The first-order chi connectivity index (χ1) is 7.43. The van der Waals surface area contributed by atoms with Crippen LogP contribution in [0.15, 0.2) is 17.3 Å². The maximum absolute atomic E-state index is 12.4. The maximum Gasteiger partial charge on any atom is 0.418 e. The van der Waals surface area contributed by atoms with Crippen LogP contribution in [0, 0.1) is 0 Å². The first-order valence-corrected chi connectivity index (χ1v) is 6.34. The number of aromatic nitrogens is 2. The van der Waals surface area contributed by atoms with Gasteiger partial charge >= 0.3 is 6.18 Å². The van der Waals surface area contributed by atoms with E-state index < -0.39 is 28.2 Å². The Balaban J connectivity index is 2.95. The summed E-state index contributed by atoms with van der Waals surface area (Å²) in [6.45, 7) is -0.277. The lowest BCUT2D eigenvalue weighted by Crippen LogP contribution is -2.45. The lowest BCUT2D eigenvalue weighted by molar-refractivity contribution is -0.258. The van der Waals surface area contributed by atoms with E-state index in [1.54, 1.807) is 0 Å². The molecule has 0 saturated carbocycles. The summed E-state index contributed by atoms with van der Waals surface area (Å²) < 4.78 is 59.9. The van der Waals surface area contributed by atoms with Gasteiger partial charge in [-0.25, -0.2) is 8.42 Å². The van der Waals surface area contributed by atoms with Gasteiger partial charge in [-0.05, 0) is 6.92 Å². The highest BCUT2D eigenvalue weighted by atomic mass is 32.2. The molecule has 1 aromatic rings. The van der Waals surface area contributed by atoms with Crippen LogP contribution in [0.3, 0.4) is 0 Å². The van der Waals surface area contributed by atoms with Gasteiger partial charge < -0.3 is 5.11 Å². The third-order valence-electron chi connectivity index (χ3n) is 2.12. The summed E-state index contributed by atoms with van der Waals surface area (Å²) in [4.78, 5) is -0.199. The molecule has 0 bridgehead atoms. The molecular formula is C8H11F3N2O3S. The molecular weight excluding hydrogens is 261 g/mol. The standard InChI is InChI=1S/C8H11F3N2O3S/c1-7(14,8(9,10)11)5-13-4-6(3-12-13)17(2,15)16/h3-4,14H,5H2,1-2H3. The van der Waals surface area contributed by atoms with Gasteiger partial charge in [-0.3, -0.25) is 4.68 Å². The molecule has 0 aliphatic heterocycles. The Morgan fingerprint density at radius 2 is 2.00 bits per heavy atom. The number of rotatable bonds is 3. The fourth-order valence-corrected chi connectivity index (χ4v) is 1.58. The highest BCUT2D eigenvalue weighted by molar-refractivity contribution is 7.90. The van der Waals surface area contributed by atoms with Crippen molar-refractivity contribution in [3.05, 3.63) is 12.4 Å². The fourth-order valence-electron chi connectivity index (χ4n) is 1.03. The summed E-state index contributed by atoms with van der Waals surface area (Å²) >= 11 is 0. The van der Waals surface area contributed by atoms with Gasteiger partial charge in [0.25, 0.3) is 0 Å². The maximum atomic E-state index is 12.4. The summed E-state index contributed by atoms with van der Waals surface area (Å²) in [5.41, 5.74) is -2.96. The summed E-state index contributed by atoms with van der Waals surface area (Å²) in [6, 6.07) is 0. The molecule has 0 aliphatic carbocycles. The van der Waals surface area contributed by atoms with E-state index in [1.165, 1.54) is 0 Å². The van der Waals surface area contributed by atoms with Crippen LogP contribution in [0.2, 0.25) is 0 Å². The molecule has 5 nitrogen and oxygen atoms in total. The van der Waals surface area contributed by atoms with Crippen LogP contribution in [0.25, 0.3) is 0 Å². The van der Waals surface area contributed by atoms with Crippen LogP contribution in [0.1, 0.15) is 6.92 Å². The van der Waals surface area contributed by atoms with Gasteiger partial charge in [0.15, 0.2) is 15.4 Å². The van der Waals surface area contributed by atoms with Crippen LogP contribution in [-0.4, -0.2) is 41.3 Å². The highest BCUT2D eigenvalue weighted by Crippen LogP contribution is 2.31. The molecule has 98 valence electrons. The second-order valence-electron chi connectivity index (χ2n) is 3.92. The fraction of sp³-hybridized carbons (Fsp3) is 0.625. The number of aliphatic hydroxyl groups is 1. The van der Waals surface area contributed by atoms with Gasteiger partial charge in [0.2, 0.25) is 0 Å². The summed E-state index contributed by atoms with van der Waals surface area (Å²) in [7, 11) is -3.52. The van der Waals surface area contributed by atoms with Crippen molar-refractivity contribution in [1.82, 2.24) is 9.78 Å². The Morgan fingerprint density at radius 1 is 1.47 bits per heavy atom. The van der Waals surface area contributed by atoms with E-state index in [4.69, 9.17) is 0 Å². The number of alkyl halides is 3. The van der Waals surface area contributed by atoms with Crippen LogP contribution < -0.4 is 0 Å². The van der Waals surface area contributed by atoms with Crippen molar-refractivity contribution >= 4 is 9.84 Å². The van der Waals surface area contributed by atoms with Crippen molar-refractivity contribution in [2.45, 2.75) is 30.1 Å². The minimum Gasteiger partial charge on any atom is -0.379 e. The third kappa shape index (κ3) is 3.19. The van der Waals surface area contributed by atoms with Crippen molar-refractivity contribution in [1.29, 1.82) is 0 Å². The molecule has 1 rings (SSSR count). The van der Waals surface area contributed by atoms with Crippen LogP contribution in [0.4, 0.5) is 13.2 Å². The van der Waals surface area contributed by atoms with Gasteiger partial charge in [-0.2, -0.15) is 18.3 Å². The monoisotopic (exact) mass is 272 g/mol. The van der Waals surface area contributed by atoms with Gasteiger partial charge in [-0.15, -0.1) is 0 Å². The SMILES string of the molecule is CC(O)(Cn1cc(S(C)(=O)=O)cn1)C(F)(F)F. The van der Waals surface area contributed by atoms with Gasteiger partial charge in [-0.1, -0.05) is 0 Å². The molecule has 1 N–H and O–H groups in total. The smallest absolute Gasteiger partial charge is 0.379 e. The predicted octanol–water partition coefficient (Wildman–Crippen LogP) is 0.600. The molecule has 0 fully saturated rings. The van der Waals surface area contributed by atoms with E-state index in [2.05, 4.69) is 5.10 Å². The zero-order valence-corrected chi connectivity index (χ0v) is 9.88. The Kier molecular flexibility index (Phi) is 3.27. The van der Waals surface area contributed by atoms with Crippen LogP contribution >= 0.6 is 0 Å². The predicted molar refractivity (Wildman–Crippen MR) is 52.0 cm³/mol. The Bertz CT molecular complexity index is 504. The molecule has 0 aliphatic rings. The molecule has 0 radical (unpaired) electrons. The molecule has 1 aromatic heterocycles. The van der Waals surface area contributed by atoms with Crippen molar-refractivity contribution < 1.29 is 26.7 Å². The number of hydrogen-bond donors (Lipinski definition) is 1. The minimum absolute atomic E-state index is 0.199. The molecule has 9 heteroatoms. The second-order valence-corrected chi connectivity index (χ2v) is 5.93. The lowest BCUT2D eigenvalue weighted by Gasteiger charge is -2.25. The van der Waals surface area contributed by atoms with E-state index in [-0.39, 0.29) is 4.90 Å². The molecule has 1 heterocycles. The quantitative estimate of drug-likeness (QED) is 0.874. The van der Waals surface area contributed by atoms with Crippen molar-refractivity contribution in [3.8, 4) is 0 Å². The van der Waals surface area contributed by atoms with E-state index in [0.29, 0.717) is 6.92 Å². The summed E-state index contributed by atoms with van der Waals surface area (Å²) in [6.07, 6.45) is -2.03. The molecule has 1 atom stereocenters. The number of nitrogens with zero attached hydrogens (tertiary/aromatic N) is 2. The van der Waals surface area contributed by atoms with Crippen molar-refractivity contribution in [3.63, 3.8) is 0 Å². The number of halogens is 3. The third-order valence-corrected chi connectivity index (χ3v) is 3.19. The average Bonchev–Trinajstić information content (AvgIpc) is 2.48. The van der Waals surface area contributed by atoms with Gasteiger partial charge in [0, 0.05) is 12.5 Å². The Labute approximate surface area is 95.8 Å². The summed E-state index contributed by atoms with van der Waals surface area (Å²) in [5.74, 6) is 0. The molecule has 1 unspecified atom stereocenters. The summed E-state index contributed by atoms with van der Waals surface area (Å²) in [5, 5.41) is 12.6. The molecule has 17 heavy (non-hydrogen) atoms. The molecule has 0 amide bonds. The molecule has 0 aromatic carbocycles. The first kappa shape index (κ1) is 14.0. The van der Waals surface area contributed by atoms with E-state index in [9.17, 15) is 26.7 Å². The average molecular weight is 272 g/mol. The number of hydrogen-bond acceptors (Lipinski definition) is 4. The van der Waals surface area contributed by atoms with E-state index in [0.717, 1.165) is 23.3 Å². The number of sulfone groups is 1. The molecule has 0 spiro atoms. The topological polar surface area (TPSA) is 72.2 Å². The minimum atomic E-state index is -4.82. The van der Waals surface area contributed by atoms with Crippen molar-refractivity contribution in [2.24, 2.45) is 0 Å². The van der Waals surface area contributed by atoms with Gasteiger partial charge in [0.1, 0.15) is 4.90 Å². The van der Waals surface area contributed by atoms with Gasteiger partial charge in [0.05, 0.1) is 12.7 Å². The van der Waals surface area contributed by atoms with E-state index >= 15 is 0 Å².